The van der Waals surface area contributed by atoms with Crippen molar-refractivity contribution in [3.05, 3.63) is 75.7 Å². The van der Waals surface area contributed by atoms with Crippen LogP contribution in [0.1, 0.15) is 51.4 Å². The highest BCUT2D eigenvalue weighted by Gasteiger charge is 2.18. The highest BCUT2D eigenvalue weighted by Crippen LogP contribution is 2.21. The molecule has 0 bridgehead atoms. The summed E-state index contributed by atoms with van der Waals surface area (Å²) in [6, 6.07) is 8.53. The number of carbonyl (C=O) groups excluding carboxylic acids is 2. The Morgan fingerprint density at radius 3 is 2.69 bits per heavy atom. The van der Waals surface area contributed by atoms with Crippen molar-refractivity contribution >= 4 is 17.5 Å². The fourth-order valence-electron chi connectivity index (χ4n) is 3.83. The molecule has 4 rings (SSSR count). The minimum absolute atomic E-state index is 0.0779. The fourth-order valence-corrected chi connectivity index (χ4v) is 3.83. The minimum Gasteiger partial charge on any atom is -0.352 e. The average Bonchev–Trinajstić information content (AvgIpc) is 3.14. The quantitative estimate of drug-likeness (QED) is 0.554. The first-order chi connectivity index (χ1) is 15.5. The number of hydrogen-bond acceptors (Lipinski definition) is 5. The topological polar surface area (TPSA) is 111 Å². The van der Waals surface area contributed by atoms with Gasteiger partial charge in [-0.3, -0.25) is 19.1 Å². The Kier molecular flexibility index (Phi) is 6.44. The number of amides is 2. The number of rotatable bonds is 7. The maximum Gasteiger partial charge on any atom is 0.345 e. The van der Waals surface area contributed by atoms with Crippen molar-refractivity contribution in [2.45, 2.75) is 45.7 Å². The Morgan fingerprint density at radius 2 is 1.91 bits per heavy atom. The van der Waals surface area contributed by atoms with E-state index in [0.29, 0.717) is 36.3 Å². The van der Waals surface area contributed by atoms with Gasteiger partial charge in [0, 0.05) is 44.0 Å². The number of hydrogen-bond donors (Lipinski definition) is 2. The summed E-state index contributed by atoms with van der Waals surface area (Å²) < 4.78 is 3.23. The highest BCUT2D eigenvalue weighted by molar-refractivity contribution is 6.09. The van der Waals surface area contributed by atoms with Gasteiger partial charge in [0.25, 0.3) is 11.8 Å². The third-order valence-electron chi connectivity index (χ3n) is 5.56. The third kappa shape index (κ3) is 4.61. The molecule has 3 aromatic rings. The Hall–Kier alpha value is -3.75. The molecule has 2 aromatic heterocycles. The number of para-hydroxylation sites is 1. The molecule has 0 unspecified atom stereocenters. The number of nitrogens with zero attached hydrogens (tertiary/aromatic N) is 4. The molecule has 9 heteroatoms. The Bertz CT molecular complexity index is 1180. The van der Waals surface area contributed by atoms with Gasteiger partial charge in [-0.05, 0) is 49.9 Å². The van der Waals surface area contributed by atoms with Gasteiger partial charge in [-0.25, -0.2) is 9.48 Å². The molecule has 1 aromatic carbocycles. The molecule has 0 atom stereocenters. The average molecular weight is 435 g/mol. The monoisotopic (exact) mass is 434 g/mol. The normalized spacial score (nSPS) is 12.8. The summed E-state index contributed by atoms with van der Waals surface area (Å²) in [5.74, 6) is 0.258. The molecule has 2 amide bonds. The van der Waals surface area contributed by atoms with E-state index in [2.05, 4.69) is 20.7 Å². The van der Waals surface area contributed by atoms with Crippen LogP contribution in [0.3, 0.4) is 0 Å². The van der Waals surface area contributed by atoms with Crippen molar-refractivity contribution < 1.29 is 9.59 Å². The van der Waals surface area contributed by atoms with E-state index in [1.165, 1.54) is 4.68 Å². The molecule has 0 fully saturated rings. The predicted octanol–water partition coefficient (Wildman–Crippen LogP) is 2.16. The molecule has 0 saturated carbocycles. The van der Waals surface area contributed by atoms with Gasteiger partial charge in [0.2, 0.25) is 0 Å². The Morgan fingerprint density at radius 1 is 1.09 bits per heavy atom. The lowest BCUT2D eigenvalue weighted by atomic mass is 10.1. The lowest BCUT2D eigenvalue weighted by molar-refractivity contribution is 0.0953. The molecule has 2 N–H and O–H groups in total. The first-order valence-corrected chi connectivity index (χ1v) is 10.8. The summed E-state index contributed by atoms with van der Waals surface area (Å²) in [6.07, 6.45) is 6.56. The van der Waals surface area contributed by atoms with E-state index in [4.69, 9.17) is 0 Å². The second kappa shape index (κ2) is 9.59. The molecule has 32 heavy (non-hydrogen) atoms. The van der Waals surface area contributed by atoms with Crippen molar-refractivity contribution in [3.8, 4) is 0 Å². The van der Waals surface area contributed by atoms with E-state index in [1.807, 2.05) is 13.0 Å². The van der Waals surface area contributed by atoms with E-state index in [0.717, 1.165) is 37.2 Å². The summed E-state index contributed by atoms with van der Waals surface area (Å²) in [4.78, 5) is 41.7. The molecule has 9 nitrogen and oxygen atoms in total. The maximum atomic E-state index is 12.8. The first-order valence-electron chi connectivity index (χ1n) is 10.8. The van der Waals surface area contributed by atoms with Crippen LogP contribution in [0.5, 0.6) is 0 Å². The Balaban J connectivity index is 1.37. The van der Waals surface area contributed by atoms with Crippen LogP contribution in [-0.2, 0) is 19.5 Å². The summed E-state index contributed by atoms with van der Waals surface area (Å²) in [7, 11) is 0. The van der Waals surface area contributed by atoms with Crippen molar-refractivity contribution in [1.29, 1.82) is 0 Å². The van der Waals surface area contributed by atoms with E-state index >= 15 is 0 Å². The van der Waals surface area contributed by atoms with Crippen LogP contribution >= 0.6 is 0 Å². The van der Waals surface area contributed by atoms with E-state index < -0.39 is 0 Å². The molecule has 1 aliphatic rings. The predicted molar refractivity (Wildman–Crippen MR) is 120 cm³/mol. The van der Waals surface area contributed by atoms with Crippen LogP contribution in [-0.4, -0.2) is 37.7 Å². The second-order valence-electron chi connectivity index (χ2n) is 7.83. The van der Waals surface area contributed by atoms with Gasteiger partial charge in [0.1, 0.15) is 5.82 Å². The van der Waals surface area contributed by atoms with E-state index in [1.54, 1.807) is 41.2 Å². The van der Waals surface area contributed by atoms with Crippen LogP contribution in [0, 0.1) is 6.92 Å². The number of pyridine rings is 1. The smallest absolute Gasteiger partial charge is 0.345 e. The number of anilines is 1. The zero-order chi connectivity index (χ0) is 22.5. The van der Waals surface area contributed by atoms with Gasteiger partial charge in [-0.1, -0.05) is 12.1 Å². The van der Waals surface area contributed by atoms with Crippen molar-refractivity contribution in [2.75, 3.05) is 11.9 Å². The molecular formula is C23H26N6O3. The van der Waals surface area contributed by atoms with Gasteiger partial charge in [0.15, 0.2) is 0 Å². The van der Waals surface area contributed by atoms with E-state index in [-0.39, 0.29) is 17.5 Å². The molecule has 0 spiro atoms. The fraction of sp³-hybridized carbons (Fsp3) is 0.348. The number of carbonyl (C=O) groups is 2. The molecule has 1 aliphatic heterocycles. The highest BCUT2D eigenvalue weighted by atomic mass is 16.2. The van der Waals surface area contributed by atoms with Crippen LogP contribution in [0.15, 0.2) is 47.5 Å². The summed E-state index contributed by atoms with van der Waals surface area (Å²) in [5.41, 5.74) is 2.04. The van der Waals surface area contributed by atoms with Gasteiger partial charge < -0.3 is 10.6 Å². The number of benzene rings is 1. The number of aryl methyl sites for hydroxylation is 3. The lowest BCUT2D eigenvalue weighted by Gasteiger charge is -2.14. The molecule has 0 saturated heterocycles. The maximum absolute atomic E-state index is 12.8. The molecule has 0 radical (unpaired) electrons. The van der Waals surface area contributed by atoms with Crippen molar-refractivity contribution in [2.24, 2.45) is 0 Å². The van der Waals surface area contributed by atoms with Gasteiger partial charge >= 0.3 is 5.69 Å². The number of nitrogens with one attached hydrogen (secondary N) is 2. The zero-order valence-electron chi connectivity index (χ0n) is 18.0. The Labute approximate surface area is 185 Å². The van der Waals surface area contributed by atoms with Crippen molar-refractivity contribution in [1.82, 2.24) is 24.6 Å². The van der Waals surface area contributed by atoms with Gasteiger partial charge in [-0.2, -0.15) is 5.10 Å². The van der Waals surface area contributed by atoms with Crippen LogP contribution in [0.2, 0.25) is 0 Å². The lowest BCUT2D eigenvalue weighted by Crippen LogP contribution is -2.30. The molecule has 166 valence electrons. The summed E-state index contributed by atoms with van der Waals surface area (Å²) in [5, 5.41) is 10.1. The van der Waals surface area contributed by atoms with E-state index in [9.17, 15) is 14.4 Å². The van der Waals surface area contributed by atoms with Crippen molar-refractivity contribution in [3.63, 3.8) is 0 Å². The number of fused-ring (bicyclic) bond motifs is 1. The minimum atomic E-state index is -0.307. The number of aromatic nitrogens is 4. The molecule has 0 aliphatic carbocycles. The summed E-state index contributed by atoms with van der Waals surface area (Å²) in [6.45, 7) is 3.40. The SMILES string of the molecule is Cc1cccc(C(=O)NCCCn2nc3n(c2=O)CCCC3)c1NC(=O)c1ccncc1. The third-order valence-corrected chi connectivity index (χ3v) is 5.56. The van der Waals surface area contributed by atoms with Crippen LogP contribution in [0.25, 0.3) is 0 Å². The molecular weight excluding hydrogens is 408 g/mol. The standard InChI is InChI=1S/C23H26N6O3/c1-16-6-4-7-18(20(16)26-21(30)17-9-12-24-13-10-17)22(31)25-11-5-15-29-23(32)28-14-3-2-8-19(28)27-29/h4,6-7,9-10,12-13H,2-3,5,8,11,14-15H2,1H3,(H,25,31)(H,26,30). The van der Waals surface area contributed by atoms with Crippen LogP contribution in [0.4, 0.5) is 5.69 Å². The summed E-state index contributed by atoms with van der Waals surface area (Å²) >= 11 is 0. The largest absolute Gasteiger partial charge is 0.352 e. The van der Waals surface area contributed by atoms with Gasteiger partial charge in [-0.15, -0.1) is 0 Å². The first kappa shape index (κ1) is 21.5. The molecule has 3 heterocycles. The van der Waals surface area contributed by atoms with Gasteiger partial charge in [0.05, 0.1) is 11.3 Å². The second-order valence-corrected chi connectivity index (χ2v) is 7.83. The zero-order valence-corrected chi connectivity index (χ0v) is 18.0. The van der Waals surface area contributed by atoms with Crippen LogP contribution < -0.4 is 16.3 Å².